The molecule has 0 aliphatic heterocycles. The molecule has 0 saturated carbocycles. The van der Waals surface area contributed by atoms with Gasteiger partial charge in [0.1, 0.15) is 0 Å². The van der Waals surface area contributed by atoms with Crippen LogP contribution in [0.2, 0.25) is 0 Å². The van der Waals surface area contributed by atoms with Crippen LogP contribution in [0.3, 0.4) is 0 Å². The van der Waals surface area contributed by atoms with Crippen LogP contribution in [-0.2, 0) is 0 Å². The van der Waals surface area contributed by atoms with Gasteiger partial charge in [0.15, 0.2) is 0 Å². The summed E-state index contributed by atoms with van der Waals surface area (Å²) in [6, 6.07) is 6.77. The van der Waals surface area contributed by atoms with Crippen molar-refractivity contribution in [2.24, 2.45) is 0 Å². The maximum absolute atomic E-state index is 2.26. The first-order valence-electron chi connectivity index (χ1n) is 4.07. The van der Waals surface area contributed by atoms with E-state index in [2.05, 4.69) is 37.0 Å². The normalized spacial score (nSPS) is 10.6. The van der Waals surface area contributed by atoms with Gasteiger partial charge in [-0.15, -0.1) is 0 Å². The van der Waals surface area contributed by atoms with Gasteiger partial charge in [0.25, 0.3) is 0 Å². The monoisotopic (exact) mass is 312 g/mol. The van der Waals surface area contributed by atoms with E-state index in [1.54, 1.807) is 32.4 Å². The Balaban J connectivity index is 2.86. The van der Waals surface area contributed by atoms with Crippen molar-refractivity contribution in [3.63, 3.8) is 0 Å². The third kappa shape index (κ3) is 5.46. The van der Waals surface area contributed by atoms with Crippen LogP contribution in [0, 0.1) is 0 Å². The van der Waals surface area contributed by atoms with Gasteiger partial charge in [0, 0.05) is 14.7 Å². The fourth-order valence-electron chi connectivity index (χ4n) is 0.979. The van der Waals surface area contributed by atoms with Crippen LogP contribution in [0.15, 0.2) is 32.9 Å². The Kier molecular flexibility index (Phi) is 8.07. The molecular formula is C9H12S6. The number of benzene rings is 1. The van der Waals surface area contributed by atoms with Crippen molar-refractivity contribution in [1.29, 1.82) is 0 Å². The van der Waals surface area contributed by atoms with Crippen molar-refractivity contribution >= 4 is 64.8 Å². The van der Waals surface area contributed by atoms with Crippen LogP contribution in [0.4, 0.5) is 0 Å². The van der Waals surface area contributed by atoms with E-state index in [-0.39, 0.29) is 0 Å². The highest BCUT2D eigenvalue weighted by Gasteiger charge is 2.02. The molecule has 0 bridgehead atoms. The first-order valence-corrected chi connectivity index (χ1v) is 11.7. The van der Waals surface area contributed by atoms with E-state index in [9.17, 15) is 0 Å². The van der Waals surface area contributed by atoms with E-state index in [0.717, 1.165) is 0 Å². The summed E-state index contributed by atoms with van der Waals surface area (Å²) < 4.78 is 0. The Morgan fingerprint density at radius 3 is 1.07 bits per heavy atom. The molecule has 15 heavy (non-hydrogen) atoms. The van der Waals surface area contributed by atoms with Crippen molar-refractivity contribution in [2.45, 2.75) is 14.7 Å². The van der Waals surface area contributed by atoms with E-state index in [4.69, 9.17) is 0 Å². The lowest BCUT2D eigenvalue weighted by Crippen LogP contribution is -1.75. The molecule has 0 aliphatic carbocycles. The molecule has 0 atom stereocenters. The second-order valence-corrected chi connectivity index (χ2v) is 9.80. The third-order valence-electron chi connectivity index (χ3n) is 1.39. The van der Waals surface area contributed by atoms with Crippen LogP contribution < -0.4 is 0 Å². The number of rotatable bonds is 6. The summed E-state index contributed by atoms with van der Waals surface area (Å²) in [6.45, 7) is 0. The molecule has 0 aromatic heterocycles. The lowest BCUT2D eigenvalue weighted by molar-refractivity contribution is 1.25. The first kappa shape index (κ1) is 14.4. The van der Waals surface area contributed by atoms with E-state index in [0.29, 0.717) is 0 Å². The summed E-state index contributed by atoms with van der Waals surface area (Å²) in [6.07, 6.45) is 6.33. The van der Waals surface area contributed by atoms with Gasteiger partial charge in [0.2, 0.25) is 0 Å². The topological polar surface area (TPSA) is 0 Å². The van der Waals surface area contributed by atoms with Crippen molar-refractivity contribution in [3.05, 3.63) is 18.2 Å². The minimum Gasteiger partial charge on any atom is -0.0924 e. The standard InChI is InChI=1S/C9H12S6/c1-10-13-7-4-8(14-11-2)6-9(5-7)15-12-3/h4-6H,1-3H3. The average molecular weight is 313 g/mol. The molecule has 0 nitrogen and oxygen atoms in total. The van der Waals surface area contributed by atoms with E-state index in [1.165, 1.54) is 14.7 Å². The summed E-state index contributed by atoms with van der Waals surface area (Å²) in [7, 11) is 10.9. The summed E-state index contributed by atoms with van der Waals surface area (Å²) in [5.74, 6) is 0. The molecule has 1 aromatic carbocycles. The van der Waals surface area contributed by atoms with E-state index in [1.807, 2.05) is 32.4 Å². The SMILES string of the molecule is CSSc1cc(SSC)cc(SSC)c1. The van der Waals surface area contributed by atoms with Crippen molar-refractivity contribution < 1.29 is 0 Å². The van der Waals surface area contributed by atoms with Gasteiger partial charge < -0.3 is 0 Å². The Bertz CT molecular complexity index is 241. The maximum Gasteiger partial charge on any atom is 0.0205 e. The lowest BCUT2D eigenvalue weighted by Gasteiger charge is -2.05. The largest absolute Gasteiger partial charge is 0.0924 e. The second-order valence-electron chi connectivity index (χ2n) is 2.39. The minimum atomic E-state index is 1.35. The average Bonchev–Trinajstić information content (AvgIpc) is 2.19. The number of hydrogen-bond acceptors (Lipinski definition) is 6. The highest BCUT2D eigenvalue weighted by atomic mass is 33.1. The van der Waals surface area contributed by atoms with Crippen LogP contribution >= 0.6 is 64.8 Å². The van der Waals surface area contributed by atoms with Gasteiger partial charge in [-0.2, -0.15) is 0 Å². The highest BCUT2D eigenvalue weighted by Crippen LogP contribution is 2.40. The van der Waals surface area contributed by atoms with E-state index >= 15 is 0 Å². The van der Waals surface area contributed by atoms with Gasteiger partial charge in [-0.25, -0.2) is 0 Å². The molecule has 0 spiro atoms. The Hall–Kier alpha value is 1.32. The Morgan fingerprint density at radius 2 is 0.867 bits per heavy atom. The summed E-state index contributed by atoms with van der Waals surface area (Å²) in [5, 5.41) is 0. The van der Waals surface area contributed by atoms with E-state index < -0.39 is 0 Å². The number of hydrogen-bond donors (Lipinski definition) is 0. The lowest BCUT2D eigenvalue weighted by atomic mass is 10.4. The van der Waals surface area contributed by atoms with Crippen molar-refractivity contribution in [1.82, 2.24) is 0 Å². The molecule has 0 unspecified atom stereocenters. The zero-order chi connectivity index (χ0) is 11.1. The molecule has 0 heterocycles. The molecule has 0 N–H and O–H groups in total. The zero-order valence-corrected chi connectivity index (χ0v) is 13.6. The molecule has 0 amide bonds. The van der Waals surface area contributed by atoms with Crippen LogP contribution in [-0.4, -0.2) is 18.8 Å². The van der Waals surface area contributed by atoms with Crippen LogP contribution in [0.5, 0.6) is 0 Å². The van der Waals surface area contributed by atoms with Gasteiger partial charge in [-0.3, -0.25) is 0 Å². The molecule has 6 heteroatoms. The zero-order valence-electron chi connectivity index (χ0n) is 8.68. The van der Waals surface area contributed by atoms with Gasteiger partial charge >= 0.3 is 0 Å². The third-order valence-corrected chi connectivity index (χ3v) is 6.41. The summed E-state index contributed by atoms with van der Waals surface area (Å²) in [4.78, 5) is 4.04. The quantitative estimate of drug-likeness (QED) is 0.605. The van der Waals surface area contributed by atoms with Crippen molar-refractivity contribution in [2.75, 3.05) is 18.8 Å². The molecule has 0 aliphatic rings. The van der Waals surface area contributed by atoms with Gasteiger partial charge in [-0.05, 0) is 37.0 Å². The predicted molar refractivity (Wildman–Crippen MR) is 84.6 cm³/mol. The Labute approximate surface area is 115 Å². The molecular weight excluding hydrogens is 301 g/mol. The summed E-state index contributed by atoms with van der Waals surface area (Å²) in [5.41, 5.74) is 0. The molecule has 1 rings (SSSR count). The first-order chi connectivity index (χ1) is 7.30. The summed E-state index contributed by atoms with van der Waals surface area (Å²) >= 11 is 0. The van der Waals surface area contributed by atoms with Crippen LogP contribution in [0.25, 0.3) is 0 Å². The molecule has 0 saturated heterocycles. The maximum atomic E-state index is 2.26. The molecule has 0 fully saturated rings. The van der Waals surface area contributed by atoms with Gasteiger partial charge in [0.05, 0.1) is 0 Å². The fraction of sp³-hybridized carbons (Fsp3) is 0.333. The molecule has 0 radical (unpaired) electrons. The fourth-order valence-corrected chi connectivity index (χ4v) is 5.43. The Morgan fingerprint density at radius 1 is 0.600 bits per heavy atom. The predicted octanol–water partition coefficient (Wildman–Crippen LogP) is 5.80. The van der Waals surface area contributed by atoms with Crippen LogP contribution in [0.1, 0.15) is 0 Å². The second kappa shape index (κ2) is 8.42. The molecule has 1 aromatic rings. The van der Waals surface area contributed by atoms with Gasteiger partial charge in [-0.1, -0.05) is 64.8 Å². The van der Waals surface area contributed by atoms with Crippen molar-refractivity contribution in [3.8, 4) is 0 Å². The highest BCUT2D eigenvalue weighted by molar-refractivity contribution is 8.77. The smallest absolute Gasteiger partial charge is 0.0205 e. The molecule has 84 valence electrons. The minimum absolute atomic E-state index is 1.35.